The summed E-state index contributed by atoms with van der Waals surface area (Å²) in [7, 11) is 0. The average molecular weight is 274 g/mol. The summed E-state index contributed by atoms with van der Waals surface area (Å²) in [6, 6.07) is 6.40. The first kappa shape index (κ1) is 16.4. The van der Waals surface area contributed by atoms with Crippen LogP contribution < -0.4 is 5.73 Å². The Kier molecular flexibility index (Phi) is 5.81. The average Bonchev–Trinajstić information content (AvgIpc) is 2.50. The van der Waals surface area contributed by atoms with E-state index < -0.39 is 0 Å². The quantitative estimate of drug-likeness (QED) is 0.907. The zero-order chi connectivity index (χ0) is 11.7. The molecule has 4 nitrogen and oxygen atoms in total. The number of benzene rings is 1. The molecule has 0 saturated carbocycles. The van der Waals surface area contributed by atoms with Crippen molar-refractivity contribution in [3.63, 3.8) is 0 Å². The molecule has 4 N–H and O–H groups in total. The molecule has 6 heteroatoms. The fourth-order valence-corrected chi connectivity index (χ4v) is 1.63. The Hall–Kier alpha value is -1.59. The Morgan fingerprint density at radius 2 is 1.78 bits per heavy atom. The number of nitrogens with zero attached hydrogens (tertiary/aromatic N) is 2. The fourth-order valence-electron chi connectivity index (χ4n) is 1.63. The lowest BCUT2D eigenvalue weighted by Gasteiger charge is -2.04. The third kappa shape index (κ3) is 3.21. The number of rotatable bonds is 2. The van der Waals surface area contributed by atoms with Gasteiger partial charge in [0, 0.05) is 0 Å². The molecule has 18 heavy (non-hydrogen) atoms. The number of nitrogen functional groups attached to an aromatic ring is 1. The van der Waals surface area contributed by atoms with Gasteiger partial charge >= 0.3 is 0 Å². The van der Waals surface area contributed by atoms with Crippen molar-refractivity contribution in [1.29, 1.82) is 0 Å². The van der Waals surface area contributed by atoms with E-state index in [1.165, 1.54) is 12.1 Å². The lowest BCUT2D eigenvalue weighted by atomic mass is 10.2. The second-order valence-electron chi connectivity index (χ2n) is 3.87. The maximum atomic E-state index is 12.7. The molecule has 1 heterocycles. The predicted molar refractivity (Wildman–Crippen MR) is 72.5 cm³/mol. The van der Waals surface area contributed by atoms with Gasteiger partial charge in [-0.1, -0.05) is 12.1 Å². The van der Waals surface area contributed by atoms with Crippen molar-refractivity contribution in [2.45, 2.75) is 20.4 Å². The van der Waals surface area contributed by atoms with Crippen molar-refractivity contribution in [3.8, 4) is 0 Å². The van der Waals surface area contributed by atoms with E-state index in [1.807, 2.05) is 18.5 Å². The monoisotopic (exact) mass is 273 g/mol. The summed E-state index contributed by atoms with van der Waals surface area (Å²) in [6.45, 7) is 4.42. The van der Waals surface area contributed by atoms with Gasteiger partial charge in [-0.25, -0.2) is 4.39 Å². The van der Waals surface area contributed by atoms with Gasteiger partial charge in [0.05, 0.1) is 23.6 Å². The topological polar surface area (TPSA) is 75.3 Å². The van der Waals surface area contributed by atoms with Gasteiger partial charge in [0.25, 0.3) is 0 Å². The van der Waals surface area contributed by atoms with Crippen LogP contribution in [0.4, 0.5) is 10.1 Å². The Morgan fingerprint density at radius 1 is 1.22 bits per heavy atom. The molecule has 2 aromatic rings. The number of nitrogens with two attached hydrogens (primary N) is 1. The summed E-state index contributed by atoms with van der Waals surface area (Å²) in [4.78, 5) is 0. The molecule has 100 valence electrons. The van der Waals surface area contributed by atoms with Crippen LogP contribution in [0, 0.1) is 19.7 Å². The van der Waals surface area contributed by atoms with Crippen molar-refractivity contribution in [2.24, 2.45) is 0 Å². The highest BCUT2D eigenvalue weighted by atomic mass is 35.5. The number of hydrogen-bond donors (Lipinski definition) is 1. The van der Waals surface area contributed by atoms with E-state index in [9.17, 15) is 4.39 Å². The van der Waals surface area contributed by atoms with Gasteiger partial charge in [0.2, 0.25) is 0 Å². The molecule has 0 amide bonds. The van der Waals surface area contributed by atoms with Crippen LogP contribution >= 0.6 is 12.4 Å². The Morgan fingerprint density at radius 3 is 2.22 bits per heavy atom. The molecule has 2 rings (SSSR count). The molecule has 0 bridgehead atoms. The van der Waals surface area contributed by atoms with Crippen molar-refractivity contribution >= 4 is 18.1 Å². The van der Waals surface area contributed by atoms with E-state index in [4.69, 9.17) is 5.73 Å². The largest absolute Gasteiger partial charge is 0.412 e. The highest BCUT2D eigenvalue weighted by Crippen LogP contribution is 2.16. The number of halogens is 2. The van der Waals surface area contributed by atoms with Gasteiger partial charge in [0.15, 0.2) is 0 Å². The van der Waals surface area contributed by atoms with Gasteiger partial charge in [-0.05, 0) is 31.5 Å². The number of aromatic nitrogens is 2. The SMILES string of the molecule is Cc1nn(Cc2ccc(F)cc2)c(C)c1N.Cl.O. The summed E-state index contributed by atoms with van der Waals surface area (Å²) in [5.74, 6) is -0.225. The smallest absolute Gasteiger partial charge is 0.123 e. The lowest BCUT2D eigenvalue weighted by molar-refractivity contribution is 0.622. The molecule has 0 saturated heterocycles. The van der Waals surface area contributed by atoms with Crippen LogP contribution in [0.1, 0.15) is 17.0 Å². The maximum absolute atomic E-state index is 12.7. The zero-order valence-electron chi connectivity index (χ0n) is 10.3. The van der Waals surface area contributed by atoms with Crippen LogP contribution in [-0.4, -0.2) is 15.3 Å². The normalized spacial score (nSPS) is 9.50. The predicted octanol–water partition coefficient (Wildman–Crippen LogP) is 1.87. The minimum atomic E-state index is -0.225. The minimum absolute atomic E-state index is 0. The number of hydrogen-bond acceptors (Lipinski definition) is 2. The van der Waals surface area contributed by atoms with E-state index in [-0.39, 0.29) is 23.7 Å². The van der Waals surface area contributed by atoms with Gasteiger partial charge < -0.3 is 11.2 Å². The van der Waals surface area contributed by atoms with Crippen LogP contribution in [-0.2, 0) is 6.54 Å². The first-order valence-corrected chi connectivity index (χ1v) is 5.12. The molecule has 0 fully saturated rings. The molecule has 0 radical (unpaired) electrons. The van der Waals surface area contributed by atoms with E-state index >= 15 is 0 Å². The zero-order valence-corrected chi connectivity index (χ0v) is 11.1. The summed E-state index contributed by atoms with van der Waals surface area (Å²) in [6.07, 6.45) is 0. The highest BCUT2D eigenvalue weighted by Gasteiger charge is 2.07. The van der Waals surface area contributed by atoms with Crippen molar-refractivity contribution in [2.75, 3.05) is 5.73 Å². The van der Waals surface area contributed by atoms with Gasteiger partial charge in [-0.3, -0.25) is 4.68 Å². The number of anilines is 1. The Bertz CT molecular complexity index is 511. The van der Waals surface area contributed by atoms with Crippen LogP contribution in [0.3, 0.4) is 0 Å². The lowest BCUT2D eigenvalue weighted by Crippen LogP contribution is -2.04. The molecule has 0 aliphatic rings. The maximum Gasteiger partial charge on any atom is 0.123 e. The molecule has 0 spiro atoms. The summed E-state index contributed by atoms with van der Waals surface area (Å²) < 4.78 is 14.6. The van der Waals surface area contributed by atoms with Crippen molar-refractivity contribution in [3.05, 3.63) is 47.0 Å². The van der Waals surface area contributed by atoms with Gasteiger partial charge in [-0.2, -0.15) is 5.10 Å². The summed E-state index contributed by atoms with van der Waals surface area (Å²) >= 11 is 0. The van der Waals surface area contributed by atoms with E-state index in [2.05, 4.69) is 5.10 Å². The van der Waals surface area contributed by atoms with Gasteiger partial charge in [-0.15, -0.1) is 12.4 Å². The molecule has 0 atom stereocenters. The van der Waals surface area contributed by atoms with Crippen LogP contribution in [0.2, 0.25) is 0 Å². The Labute approximate surface area is 111 Å². The van der Waals surface area contributed by atoms with E-state index in [0.717, 1.165) is 22.6 Å². The fraction of sp³-hybridized carbons (Fsp3) is 0.250. The van der Waals surface area contributed by atoms with E-state index in [0.29, 0.717) is 6.54 Å². The standard InChI is InChI=1S/C12H14FN3.ClH.H2O/c1-8-12(14)9(2)16(15-8)7-10-3-5-11(13)6-4-10;;/h3-6H,7,14H2,1-2H3;1H;1H2. The molecular formula is C12H17ClFN3O. The third-order valence-corrected chi connectivity index (χ3v) is 2.68. The van der Waals surface area contributed by atoms with Crippen molar-refractivity contribution < 1.29 is 9.87 Å². The first-order chi connectivity index (χ1) is 7.58. The van der Waals surface area contributed by atoms with Crippen LogP contribution in [0.15, 0.2) is 24.3 Å². The first-order valence-electron chi connectivity index (χ1n) is 5.12. The summed E-state index contributed by atoms with van der Waals surface area (Å²) in [5.41, 5.74) is 9.35. The van der Waals surface area contributed by atoms with E-state index in [1.54, 1.807) is 12.1 Å². The summed E-state index contributed by atoms with van der Waals surface area (Å²) in [5, 5.41) is 4.33. The molecule has 0 unspecified atom stereocenters. The molecular weight excluding hydrogens is 257 g/mol. The second-order valence-corrected chi connectivity index (χ2v) is 3.87. The molecule has 0 aliphatic carbocycles. The minimum Gasteiger partial charge on any atom is -0.412 e. The van der Waals surface area contributed by atoms with Gasteiger partial charge in [0.1, 0.15) is 5.82 Å². The Balaban J connectivity index is 0.00000144. The number of aryl methyl sites for hydroxylation is 1. The second kappa shape index (κ2) is 6.37. The van der Waals surface area contributed by atoms with Crippen LogP contribution in [0.5, 0.6) is 0 Å². The highest BCUT2D eigenvalue weighted by molar-refractivity contribution is 5.85. The van der Waals surface area contributed by atoms with Crippen molar-refractivity contribution in [1.82, 2.24) is 9.78 Å². The van der Waals surface area contributed by atoms with Crippen LogP contribution in [0.25, 0.3) is 0 Å². The third-order valence-electron chi connectivity index (χ3n) is 2.68. The molecule has 1 aromatic heterocycles. The molecule has 1 aromatic carbocycles. The molecule has 0 aliphatic heterocycles.